The SMILES string of the molecule is CCC(C)C(NC(=O)C(Cc1ccccc1)NC(=O)C(N)CCC(N)=O)C(=O)NC(C(=O)O)C(C)O. The van der Waals surface area contributed by atoms with Crippen molar-refractivity contribution in [2.24, 2.45) is 17.4 Å². The van der Waals surface area contributed by atoms with Crippen LogP contribution < -0.4 is 27.4 Å². The molecule has 0 heterocycles. The molecule has 0 saturated carbocycles. The van der Waals surface area contributed by atoms with Gasteiger partial charge in [-0.1, -0.05) is 50.6 Å². The summed E-state index contributed by atoms with van der Waals surface area (Å²) >= 11 is 0. The van der Waals surface area contributed by atoms with Crippen molar-refractivity contribution in [2.45, 2.75) is 76.7 Å². The summed E-state index contributed by atoms with van der Waals surface area (Å²) in [7, 11) is 0. The Morgan fingerprint density at radius 2 is 1.50 bits per heavy atom. The standard InChI is InChI=1S/C24H37N5O7/c1-4-13(2)19(23(34)29-20(14(3)30)24(35)36)28-22(33)17(12-15-8-6-5-7-9-15)27-21(32)16(25)10-11-18(26)31/h5-9,13-14,16-17,19-20,30H,4,10-12,25H2,1-3H3,(H2,26,31)(H,27,32)(H,28,33)(H,29,34)(H,35,36). The first-order valence-corrected chi connectivity index (χ1v) is 11.8. The minimum Gasteiger partial charge on any atom is -0.480 e. The maximum absolute atomic E-state index is 13.3. The van der Waals surface area contributed by atoms with Gasteiger partial charge in [0.2, 0.25) is 23.6 Å². The van der Waals surface area contributed by atoms with Crippen LogP contribution in [-0.2, 0) is 30.4 Å². The molecule has 0 aliphatic heterocycles. The minimum atomic E-state index is -1.57. The molecule has 0 radical (unpaired) electrons. The van der Waals surface area contributed by atoms with Gasteiger partial charge in [-0.25, -0.2) is 4.79 Å². The highest BCUT2D eigenvalue weighted by Gasteiger charge is 2.34. The van der Waals surface area contributed by atoms with E-state index in [1.165, 1.54) is 6.92 Å². The maximum Gasteiger partial charge on any atom is 0.328 e. The number of carboxylic acid groups (broad SMARTS) is 1. The number of rotatable bonds is 15. The Kier molecular flexibility index (Phi) is 12.5. The van der Waals surface area contributed by atoms with Crippen LogP contribution in [-0.4, -0.2) is 70.1 Å². The highest BCUT2D eigenvalue weighted by Crippen LogP contribution is 2.11. The molecular weight excluding hydrogens is 470 g/mol. The largest absolute Gasteiger partial charge is 0.480 e. The van der Waals surface area contributed by atoms with E-state index >= 15 is 0 Å². The lowest BCUT2D eigenvalue weighted by atomic mass is 9.96. The number of benzene rings is 1. The number of hydrogen-bond donors (Lipinski definition) is 7. The number of nitrogens with two attached hydrogens (primary N) is 2. The van der Waals surface area contributed by atoms with Crippen molar-refractivity contribution in [3.05, 3.63) is 35.9 Å². The number of carboxylic acids is 1. The lowest BCUT2D eigenvalue weighted by molar-refractivity contribution is -0.145. The molecule has 0 saturated heterocycles. The average molecular weight is 508 g/mol. The lowest BCUT2D eigenvalue weighted by Gasteiger charge is -2.28. The van der Waals surface area contributed by atoms with E-state index in [2.05, 4.69) is 16.0 Å². The number of amides is 4. The van der Waals surface area contributed by atoms with E-state index in [-0.39, 0.29) is 19.3 Å². The summed E-state index contributed by atoms with van der Waals surface area (Å²) in [5.74, 6) is -4.57. The summed E-state index contributed by atoms with van der Waals surface area (Å²) in [6, 6.07) is 3.94. The Labute approximate surface area is 210 Å². The quantitative estimate of drug-likeness (QED) is 0.152. The molecule has 12 nitrogen and oxygen atoms in total. The van der Waals surface area contributed by atoms with Gasteiger partial charge in [0, 0.05) is 12.8 Å². The topological polar surface area (TPSA) is 214 Å². The number of aliphatic hydroxyl groups is 1. The van der Waals surface area contributed by atoms with Crippen LogP contribution in [0.25, 0.3) is 0 Å². The highest BCUT2D eigenvalue weighted by atomic mass is 16.4. The number of aliphatic hydroxyl groups excluding tert-OH is 1. The van der Waals surface area contributed by atoms with Crippen LogP contribution in [0.1, 0.15) is 45.6 Å². The van der Waals surface area contributed by atoms with Gasteiger partial charge in [0.1, 0.15) is 12.1 Å². The molecule has 1 aromatic rings. The summed E-state index contributed by atoms with van der Waals surface area (Å²) in [4.78, 5) is 61.2. The maximum atomic E-state index is 13.3. The van der Waals surface area contributed by atoms with Crippen LogP contribution in [0.3, 0.4) is 0 Å². The van der Waals surface area contributed by atoms with Gasteiger partial charge >= 0.3 is 5.97 Å². The molecule has 36 heavy (non-hydrogen) atoms. The van der Waals surface area contributed by atoms with E-state index in [9.17, 15) is 34.2 Å². The van der Waals surface area contributed by atoms with Gasteiger partial charge in [0.05, 0.1) is 12.1 Å². The zero-order chi connectivity index (χ0) is 27.4. The summed E-state index contributed by atoms with van der Waals surface area (Å²) in [5, 5.41) is 26.4. The number of nitrogens with one attached hydrogen (secondary N) is 3. The van der Waals surface area contributed by atoms with Crippen LogP contribution in [0.2, 0.25) is 0 Å². The molecule has 0 bridgehead atoms. The minimum absolute atomic E-state index is 0.00529. The van der Waals surface area contributed by atoms with Crippen LogP contribution in [0.4, 0.5) is 0 Å². The summed E-state index contributed by atoms with van der Waals surface area (Å²) < 4.78 is 0. The molecule has 200 valence electrons. The molecule has 0 aliphatic rings. The molecular formula is C24H37N5O7. The molecule has 1 aromatic carbocycles. The van der Waals surface area contributed by atoms with E-state index in [0.29, 0.717) is 6.42 Å². The number of carbonyl (C=O) groups excluding carboxylic acids is 4. The first kappa shape index (κ1) is 30.5. The lowest BCUT2D eigenvalue weighted by Crippen LogP contribution is -2.60. The Hall–Kier alpha value is -3.51. The molecule has 0 fully saturated rings. The molecule has 6 unspecified atom stereocenters. The summed E-state index contributed by atoms with van der Waals surface area (Å²) in [6.45, 7) is 4.72. The molecule has 1 rings (SSSR count). The van der Waals surface area contributed by atoms with Crippen molar-refractivity contribution in [3.63, 3.8) is 0 Å². The molecule has 9 N–H and O–H groups in total. The molecule has 12 heteroatoms. The fourth-order valence-corrected chi connectivity index (χ4v) is 3.35. The van der Waals surface area contributed by atoms with Gasteiger partial charge < -0.3 is 37.6 Å². The summed E-state index contributed by atoms with van der Waals surface area (Å²) in [6.07, 6.45) is -0.922. The third-order valence-corrected chi connectivity index (χ3v) is 5.79. The van der Waals surface area contributed by atoms with E-state index in [1.54, 1.807) is 44.2 Å². The molecule has 6 atom stereocenters. The van der Waals surface area contributed by atoms with Crippen molar-refractivity contribution in [3.8, 4) is 0 Å². The zero-order valence-corrected chi connectivity index (χ0v) is 20.8. The number of aliphatic carboxylic acids is 1. The molecule has 4 amide bonds. The Balaban J connectivity index is 3.12. The monoisotopic (exact) mass is 507 g/mol. The van der Waals surface area contributed by atoms with Crippen LogP contribution in [0, 0.1) is 5.92 Å². The normalized spacial score (nSPS) is 15.9. The van der Waals surface area contributed by atoms with Crippen molar-refractivity contribution in [1.29, 1.82) is 0 Å². The predicted molar refractivity (Wildman–Crippen MR) is 131 cm³/mol. The number of carbonyl (C=O) groups is 5. The smallest absolute Gasteiger partial charge is 0.328 e. The second-order valence-electron chi connectivity index (χ2n) is 8.80. The van der Waals surface area contributed by atoms with E-state index in [4.69, 9.17) is 11.5 Å². The van der Waals surface area contributed by atoms with Crippen molar-refractivity contribution in [1.82, 2.24) is 16.0 Å². The second kappa shape index (κ2) is 14.8. The van der Waals surface area contributed by atoms with Gasteiger partial charge in [0.25, 0.3) is 0 Å². The van der Waals surface area contributed by atoms with Crippen LogP contribution >= 0.6 is 0 Å². The number of primary amides is 1. The van der Waals surface area contributed by atoms with E-state index in [0.717, 1.165) is 5.56 Å². The van der Waals surface area contributed by atoms with E-state index < -0.39 is 65.8 Å². The van der Waals surface area contributed by atoms with Gasteiger partial charge in [-0.15, -0.1) is 0 Å². The van der Waals surface area contributed by atoms with Crippen molar-refractivity contribution < 1.29 is 34.2 Å². The number of hydrogen-bond acceptors (Lipinski definition) is 7. The fourth-order valence-electron chi connectivity index (χ4n) is 3.35. The van der Waals surface area contributed by atoms with Crippen molar-refractivity contribution >= 4 is 29.6 Å². The zero-order valence-electron chi connectivity index (χ0n) is 20.8. The molecule has 0 aliphatic carbocycles. The predicted octanol–water partition coefficient (Wildman–Crippen LogP) is -1.21. The Morgan fingerprint density at radius 1 is 0.917 bits per heavy atom. The third kappa shape index (κ3) is 10.0. The van der Waals surface area contributed by atoms with Crippen LogP contribution in [0.5, 0.6) is 0 Å². The van der Waals surface area contributed by atoms with Gasteiger partial charge in [0.15, 0.2) is 6.04 Å². The Morgan fingerprint density at radius 3 is 2.00 bits per heavy atom. The van der Waals surface area contributed by atoms with Crippen LogP contribution in [0.15, 0.2) is 30.3 Å². The first-order valence-electron chi connectivity index (χ1n) is 11.8. The van der Waals surface area contributed by atoms with Crippen molar-refractivity contribution in [2.75, 3.05) is 0 Å². The fraction of sp³-hybridized carbons (Fsp3) is 0.542. The third-order valence-electron chi connectivity index (χ3n) is 5.79. The Bertz CT molecular complexity index is 909. The molecule has 0 spiro atoms. The van der Waals surface area contributed by atoms with Gasteiger partial charge in [-0.05, 0) is 24.8 Å². The second-order valence-corrected chi connectivity index (χ2v) is 8.80. The van der Waals surface area contributed by atoms with Gasteiger partial charge in [-0.3, -0.25) is 19.2 Å². The van der Waals surface area contributed by atoms with E-state index in [1.807, 2.05) is 0 Å². The summed E-state index contributed by atoms with van der Waals surface area (Å²) in [5.41, 5.74) is 11.7. The average Bonchev–Trinajstić information content (AvgIpc) is 2.83. The van der Waals surface area contributed by atoms with Gasteiger partial charge in [-0.2, -0.15) is 0 Å². The first-order chi connectivity index (χ1) is 16.9. The molecule has 0 aromatic heterocycles. The highest BCUT2D eigenvalue weighted by molar-refractivity contribution is 5.94.